The summed E-state index contributed by atoms with van der Waals surface area (Å²) < 4.78 is 24.2. The summed E-state index contributed by atoms with van der Waals surface area (Å²) in [6.07, 6.45) is 1.42. The summed E-state index contributed by atoms with van der Waals surface area (Å²) in [7, 11) is -3.54. The van der Waals surface area contributed by atoms with Crippen molar-refractivity contribution < 1.29 is 18.3 Å². The van der Waals surface area contributed by atoms with Gasteiger partial charge in [-0.3, -0.25) is 4.79 Å². The quantitative estimate of drug-likeness (QED) is 0.598. The topological polar surface area (TPSA) is 83.5 Å². The highest BCUT2D eigenvalue weighted by molar-refractivity contribution is 7.89. The minimum Gasteiger partial charge on any atom is -0.480 e. The molecule has 5 nitrogen and oxygen atoms in total. The highest BCUT2D eigenvalue weighted by Gasteiger charge is 2.20. The Labute approximate surface area is 77.5 Å². The number of carboxylic acids is 1. The molecule has 0 saturated carbocycles. The Bertz CT molecular complexity index is 283. The molecule has 0 spiro atoms. The number of nitrogens with one attached hydrogen (secondary N) is 1. The van der Waals surface area contributed by atoms with Gasteiger partial charge in [0, 0.05) is 0 Å². The molecule has 0 aromatic rings. The van der Waals surface area contributed by atoms with E-state index in [1.165, 1.54) is 6.08 Å². The van der Waals surface area contributed by atoms with E-state index in [0.717, 1.165) is 0 Å². The third-order valence-electron chi connectivity index (χ3n) is 1.37. The second-order valence-corrected chi connectivity index (χ2v) is 4.29. The summed E-state index contributed by atoms with van der Waals surface area (Å²) in [6, 6.07) is -1.05. The average Bonchev–Trinajstić information content (AvgIpc) is 1.99. The number of hydrogen-bond acceptors (Lipinski definition) is 3. The number of carbonyl (C=O) groups is 1. The van der Waals surface area contributed by atoms with Crippen LogP contribution in [0.25, 0.3) is 0 Å². The van der Waals surface area contributed by atoms with Crippen LogP contribution in [0.5, 0.6) is 0 Å². The van der Waals surface area contributed by atoms with Gasteiger partial charge in [-0.15, -0.1) is 6.58 Å². The molecule has 1 atom stereocenters. The highest BCUT2D eigenvalue weighted by atomic mass is 32.2. The van der Waals surface area contributed by atoms with Crippen molar-refractivity contribution in [1.29, 1.82) is 0 Å². The Morgan fingerprint density at radius 3 is 2.54 bits per heavy atom. The number of hydrogen-bond donors (Lipinski definition) is 2. The first-order valence-corrected chi connectivity index (χ1v) is 5.42. The van der Waals surface area contributed by atoms with Gasteiger partial charge in [0.2, 0.25) is 10.0 Å². The van der Waals surface area contributed by atoms with Crippen molar-refractivity contribution >= 4 is 16.0 Å². The highest BCUT2D eigenvalue weighted by Crippen LogP contribution is 1.95. The summed E-state index contributed by atoms with van der Waals surface area (Å²) in [6.45, 7) is 4.85. The molecule has 0 aromatic carbocycles. The monoisotopic (exact) mass is 207 g/mol. The van der Waals surface area contributed by atoms with Crippen LogP contribution in [-0.2, 0) is 14.8 Å². The van der Waals surface area contributed by atoms with Gasteiger partial charge in [-0.25, -0.2) is 13.1 Å². The van der Waals surface area contributed by atoms with E-state index < -0.39 is 22.0 Å². The number of aliphatic carboxylic acids is 1. The molecule has 13 heavy (non-hydrogen) atoms. The molecule has 0 aliphatic rings. The van der Waals surface area contributed by atoms with Crippen LogP contribution in [0.3, 0.4) is 0 Å². The van der Waals surface area contributed by atoms with Crippen molar-refractivity contribution in [3.63, 3.8) is 0 Å². The Balaban J connectivity index is 4.40. The van der Waals surface area contributed by atoms with Gasteiger partial charge in [0.05, 0.1) is 5.75 Å². The van der Waals surface area contributed by atoms with Crippen LogP contribution in [0, 0.1) is 0 Å². The minimum absolute atomic E-state index is 0.214. The van der Waals surface area contributed by atoms with Gasteiger partial charge in [0.1, 0.15) is 6.04 Å². The lowest BCUT2D eigenvalue weighted by atomic mass is 10.2. The Morgan fingerprint density at radius 2 is 2.23 bits per heavy atom. The van der Waals surface area contributed by atoms with Crippen molar-refractivity contribution in [3.05, 3.63) is 12.7 Å². The predicted octanol–water partition coefficient (Wildman–Crippen LogP) is -0.0450. The van der Waals surface area contributed by atoms with E-state index in [1.807, 2.05) is 4.72 Å². The molecule has 0 saturated heterocycles. The van der Waals surface area contributed by atoms with E-state index >= 15 is 0 Å². The minimum atomic E-state index is -3.54. The number of sulfonamides is 1. The maximum absolute atomic E-state index is 11.1. The average molecular weight is 207 g/mol. The molecule has 0 aliphatic carbocycles. The number of rotatable bonds is 6. The van der Waals surface area contributed by atoms with E-state index in [1.54, 1.807) is 6.92 Å². The van der Waals surface area contributed by atoms with Crippen LogP contribution in [-0.4, -0.2) is 31.3 Å². The van der Waals surface area contributed by atoms with Gasteiger partial charge in [0.25, 0.3) is 0 Å². The summed E-state index contributed by atoms with van der Waals surface area (Å²) in [5, 5.41) is 8.55. The van der Waals surface area contributed by atoms with Crippen LogP contribution in [0.4, 0.5) is 0 Å². The van der Waals surface area contributed by atoms with E-state index in [2.05, 4.69) is 6.58 Å². The molecule has 2 N–H and O–H groups in total. The summed E-state index contributed by atoms with van der Waals surface area (Å²) in [5.74, 6) is -1.44. The summed E-state index contributed by atoms with van der Waals surface area (Å²) in [5.41, 5.74) is 0. The molecule has 0 heterocycles. The lowest BCUT2D eigenvalue weighted by Crippen LogP contribution is -2.41. The van der Waals surface area contributed by atoms with Crippen molar-refractivity contribution in [2.45, 2.75) is 19.4 Å². The zero-order chi connectivity index (χ0) is 10.5. The van der Waals surface area contributed by atoms with E-state index in [9.17, 15) is 13.2 Å². The van der Waals surface area contributed by atoms with Crippen LogP contribution in [0.2, 0.25) is 0 Å². The molecule has 0 aromatic heterocycles. The fourth-order valence-corrected chi connectivity index (χ4v) is 1.84. The van der Waals surface area contributed by atoms with Crippen molar-refractivity contribution in [2.75, 3.05) is 5.75 Å². The Hall–Kier alpha value is -0.880. The summed E-state index contributed by atoms with van der Waals surface area (Å²) >= 11 is 0. The van der Waals surface area contributed by atoms with Crippen molar-refractivity contribution in [2.24, 2.45) is 0 Å². The second kappa shape index (κ2) is 4.98. The zero-order valence-electron chi connectivity index (χ0n) is 7.36. The lowest BCUT2D eigenvalue weighted by Gasteiger charge is -2.10. The largest absolute Gasteiger partial charge is 0.480 e. The van der Waals surface area contributed by atoms with Gasteiger partial charge in [0.15, 0.2) is 0 Å². The maximum Gasteiger partial charge on any atom is 0.321 e. The molecule has 0 fully saturated rings. The molecule has 0 bridgehead atoms. The van der Waals surface area contributed by atoms with Crippen molar-refractivity contribution in [3.8, 4) is 0 Å². The standard InChI is InChI=1S/C7H13NO4S/c1-3-5-13(11,12)8-6(4-2)7(9)10/h3,6,8H,1,4-5H2,2H3,(H,9,10). The molecule has 6 heteroatoms. The van der Waals surface area contributed by atoms with E-state index in [-0.39, 0.29) is 12.2 Å². The third kappa shape index (κ3) is 4.64. The molecule has 0 radical (unpaired) electrons. The van der Waals surface area contributed by atoms with Gasteiger partial charge < -0.3 is 5.11 Å². The number of carboxylic acid groups (broad SMARTS) is 1. The maximum atomic E-state index is 11.1. The van der Waals surface area contributed by atoms with Crippen LogP contribution in [0.15, 0.2) is 12.7 Å². The van der Waals surface area contributed by atoms with Gasteiger partial charge in [-0.05, 0) is 6.42 Å². The summed E-state index contributed by atoms with van der Waals surface area (Å²) in [4.78, 5) is 10.5. The first-order valence-electron chi connectivity index (χ1n) is 3.76. The van der Waals surface area contributed by atoms with Crippen LogP contribution >= 0.6 is 0 Å². The lowest BCUT2D eigenvalue weighted by molar-refractivity contribution is -0.139. The SMILES string of the molecule is C=CCS(=O)(=O)NC(CC)C(=O)O. The fraction of sp³-hybridized carbons (Fsp3) is 0.571. The predicted molar refractivity (Wildman–Crippen MR) is 48.8 cm³/mol. The van der Waals surface area contributed by atoms with Crippen LogP contribution < -0.4 is 4.72 Å². The van der Waals surface area contributed by atoms with E-state index in [4.69, 9.17) is 5.11 Å². The normalized spacial score (nSPS) is 13.6. The van der Waals surface area contributed by atoms with E-state index in [0.29, 0.717) is 0 Å². The fourth-order valence-electron chi connectivity index (χ4n) is 0.728. The van der Waals surface area contributed by atoms with Gasteiger partial charge >= 0.3 is 5.97 Å². The molecular weight excluding hydrogens is 194 g/mol. The molecular formula is C7H13NO4S. The third-order valence-corrected chi connectivity index (χ3v) is 2.68. The molecule has 0 rings (SSSR count). The zero-order valence-corrected chi connectivity index (χ0v) is 8.17. The second-order valence-electron chi connectivity index (χ2n) is 2.49. The molecule has 1 unspecified atom stereocenters. The van der Waals surface area contributed by atoms with Crippen molar-refractivity contribution in [1.82, 2.24) is 4.72 Å². The first-order chi connectivity index (χ1) is 5.93. The first kappa shape index (κ1) is 12.1. The Kier molecular flexibility index (Phi) is 4.64. The molecule has 0 amide bonds. The smallest absolute Gasteiger partial charge is 0.321 e. The van der Waals surface area contributed by atoms with Crippen LogP contribution in [0.1, 0.15) is 13.3 Å². The Morgan fingerprint density at radius 1 is 1.69 bits per heavy atom. The molecule has 0 aliphatic heterocycles. The van der Waals surface area contributed by atoms with Gasteiger partial charge in [-0.2, -0.15) is 0 Å². The molecule has 76 valence electrons. The van der Waals surface area contributed by atoms with Gasteiger partial charge in [-0.1, -0.05) is 13.0 Å².